The van der Waals surface area contributed by atoms with E-state index in [1.165, 1.54) is 12.1 Å². The van der Waals surface area contributed by atoms with Crippen molar-refractivity contribution in [2.45, 2.75) is 25.6 Å². The van der Waals surface area contributed by atoms with Gasteiger partial charge in [0.25, 0.3) is 0 Å². The first-order valence-electron chi connectivity index (χ1n) is 7.56. The van der Waals surface area contributed by atoms with Crippen LogP contribution in [0.3, 0.4) is 0 Å². The number of halogens is 3. The van der Waals surface area contributed by atoms with Gasteiger partial charge in [-0.3, -0.25) is 9.38 Å². The number of guanidine groups is 1. The second kappa shape index (κ2) is 10.0. The molecule has 0 saturated carbocycles. The summed E-state index contributed by atoms with van der Waals surface area (Å²) in [4.78, 5) is 6.35. The minimum Gasteiger partial charge on any atom is -0.367 e. The van der Waals surface area contributed by atoms with Gasteiger partial charge >= 0.3 is 0 Å². The highest BCUT2D eigenvalue weighted by Crippen LogP contribution is 2.25. The molecule has 1 aromatic carbocycles. The quantitative estimate of drug-likeness (QED) is 0.339. The molecule has 1 aromatic rings. The van der Waals surface area contributed by atoms with E-state index in [4.69, 9.17) is 4.74 Å². The van der Waals surface area contributed by atoms with Crippen molar-refractivity contribution < 1.29 is 13.5 Å². The molecule has 0 aliphatic carbocycles. The summed E-state index contributed by atoms with van der Waals surface area (Å²) in [5.74, 6) is 0.490. The lowest BCUT2D eigenvalue weighted by Gasteiger charge is -2.38. The fraction of sp³-hybridized carbons (Fsp3) is 0.562. The van der Waals surface area contributed by atoms with Crippen LogP contribution in [0.1, 0.15) is 25.0 Å². The van der Waals surface area contributed by atoms with Gasteiger partial charge in [-0.1, -0.05) is 12.1 Å². The normalized spacial score (nSPS) is 21.7. The van der Waals surface area contributed by atoms with Gasteiger partial charge in [-0.15, -0.1) is 24.0 Å². The maximum Gasteiger partial charge on any atom is 0.193 e. The average molecular weight is 439 g/mol. The SMILES string of the molecule is CN=C(NCCCF)N1CC(C)OC(c2ccc(F)cc2)C1.I. The van der Waals surface area contributed by atoms with E-state index in [1.807, 2.05) is 6.92 Å². The van der Waals surface area contributed by atoms with Crippen LogP contribution in [0.2, 0.25) is 0 Å². The van der Waals surface area contributed by atoms with E-state index in [0.717, 1.165) is 11.5 Å². The fourth-order valence-electron chi connectivity index (χ4n) is 2.59. The third kappa shape index (κ3) is 5.87. The monoisotopic (exact) mass is 439 g/mol. The van der Waals surface area contributed by atoms with E-state index < -0.39 is 0 Å². The first-order chi connectivity index (χ1) is 10.6. The van der Waals surface area contributed by atoms with Crippen LogP contribution >= 0.6 is 24.0 Å². The number of morpholine rings is 1. The molecule has 1 saturated heterocycles. The molecule has 0 aromatic heterocycles. The highest BCUT2D eigenvalue weighted by Gasteiger charge is 2.28. The molecule has 0 spiro atoms. The Balaban J connectivity index is 0.00000264. The Morgan fingerprint density at radius 1 is 1.35 bits per heavy atom. The van der Waals surface area contributed by atoms with Gasteiger partial charge in [0.2, 0.25) is 0 Å². The minimum absolute atomic E-state index is 0. The maximum atomic E-state index is 13.1. The number of benzene rings is 1. The van der Waals surface area contributed by atoms with Gasteiger partial charge in [0.1, 0.15) is 11.9 Å². The van der Waals surface area contributed by atoms with Crippen molar-refractivity contribution in [1.29, 1.82) is 0 Å². The third-order valence-electron chi connectivity index (χ3n) is 3.61. The Morgan fingerprint density at radius 3 is 2.65 bits per heavy atom. The summed E-state index contributed by atoms with van der Waals surface area (Å²) in [5, 5.41) is 3.16. The summed E-state index contributed by atoms with van der Waals surface area (Å²) in [6.07, 6.45) is 0.355. The van der Waals surface area contributed by atoms with Crippen LogP contribution in [-0.2, 0) is 4.74 Å². The molecule has 1 heterocycles. The van der Waals surface area contributed by atoms with E-state index >= 15 is 0 Å². The molecular weight excluding hydrogens is 415 g/mol. The van der Waals surface area contributed by atoms with E-state index in [1.54, 1.807) is 19.2 Å². The summed E-state index contributed by atoms with van der Waals surface area (Å²) < 4.78 is 31.2. The molecule has 2 atom stereocenters. The average Bonchev–Trinajstić information content (AvgIpc) is 2.52. The zero-order chi connectivity index (χ0) is 15.9. The highest BCUT2D eigenvalue weighted by atomic mass is 127. The molecule has 2 rings (SSSR count). The lowest BCUT2D eigenvalue weighted by Crippen LogP contribution is -2.50. The molecule has 4 nitrogen and oxygen atoms in total. The smallest absolute Gasteiger partial charge is 0.193 e. The molecule has 23 heavy (non-hydrogen) atoms. The Kier molecular flexibility index (Phi) is 8.75. The second-order valence-corrected chi connectivity index (χ2v) is 5.41. The van der Waals surface area contributed by atoms with E-state index in [9.17, 15) is 8.78 Å². The van der Waals surface area contributed by atoms with Crippen molar-refractivity contribution in [3.63, 3.8) is 0 Å². The van der Waals surface area contributed by atoms with Crippen LogP contribution in [0, 0.1) is 5.82 Å². The van der Waals surface area contributed by atoms with Crippen molar-refractivity contribution in [3.05, 3.63) is 35.6 Å². The van der Waals surface area contributed by atoms with E-state index in [0.29, 0.717) is 26.1 Å². The van der Waals surface area contributed by atoms with Crippen molar-refractivity contribution >= 4 is 29.9 Å². The van der Waals surface area contributed by atoms with Crippen molar-refractivity contribution in [2.24, 2.45) is 4.99 Å². The molecule has 1 aliphatic rings. The summed E-state index contributed by atoms with van der Waals surface area (Å²) >= 11 is 0. The molecule has 0 amide bonds. The second-order valence-electron chi connectivity index (χ2n) is 5.41. The van der Waals surface area contributed by atoms with Crippen LogP contribution in [0.15, 0.2) is 29.3 Å². The van der Waals surface area contributed by atoms with Crippen molar-refractivity contribution in [2.75, 3.05) is 33.4 Å². The van der Waals surface area contributed by atoms with Gasteiger partial charge in [-0.2, -0.15) is 0 Å². The van der Waals surface area contributed by atoms with Crippen LogP contribution in [0.25, 0.3) is 0 Å². The Labute approximate surface area is 153 Å². The third-order valence-corrected chi connectivity index (χ3v) is 3.61. The van der Waals surface area contributed by atoms with Gasteiger partial charge in [0.15, 0.2) is 5.96 Å². The zero-order valence-electron chi connectivity index (χ0n) is 13.5. The molecule has 2 unspecified atom stereocenters. The molecular formula is C16H24F2IN3O. The van der Waals surface area contributed by atoms with Gasteiger partial charge in [0.05, 0.1) is 19.3 Å². The minimum atomic E-state index is -0.346. The summed E-state index contributed by atoms with van der Waals surface area (Å²) in [7, 11) is 1.71. The van der Waals surface area contributed by atoms with E-state index in [2.05, 4.69) is 15.2 Å². The lowest BCUT2D eigenvalue weighted by atomic mass is 10.1. The molecule has 1 aliphatic heterocycles. The summed E-state index contributed by atoms with van der Waals surface area (Å²) in [5.41, 5.74) is 0.942. The summed E-state index contributed by atoms with van der Waals surface area (Å²) in [6.45, 7) is 3.55. The van der Waals surface area contributed by atoms with Crippen molar-refractivity contribution in [1.82, 2.24) is 10.2 Å². The van der Waals surface area contributed by atoms with Gasteiger partial charge in [-0.25, -0.2) is 4.39 Å². The molecule has 130 valence electrons. The number of aliphatic imine (C=N–C) groups is 1. The Bertz CT molecular complexity index is 499. The molecule has 0 radical (unpaired) electrons. The highest BCUT2D eigenvalue weighted by molar-refractivity contribution is 14.0. The largest absolute Gasteiger partial charge is 0.367 e. The first-order valence-corrected chi connectivity index (χ1v) is 7.56. The Hall–Kier alpha value is -0.960. The van der Waals surface area contributed by atoms with Crippen LogP contribution in [0.4, 0.5) is 8.78 Å². The first kappa shape index (κ1) is 20.1. The maximum absolute atomic E-state index is 13.1. The van der Waals surface area contributed by atoms with Gasteiger partial charge in [-0.05, 0) is 31.0 Å². The van der Waals surface area contributed by atoms with Crippen LogP contribution in [-0.4, -0.2) is 50.3 Å². The fourth-order valence-corrected chi connectivity index (χ4v) is 2.59. The lowest BCUT2D eigenvalue weighted by molar-refractivity contribution is -0.0605. The Morgan fingerprint density at radius 2 is 2.04 bits per heavy atom. The van der Waals surface area contributed by atoms with Crippen molar-refractivity contribution in [3.8, 4) is 0 Å². The van der Waals surface area contributed by atoms with Gasteiger partial charge in [0, 0.05) is 20.1 Å². The molecule has 1 N–H and O–H groups in total. The number of hydrogen-bond donors (Lipinski definition) is 1. The topological polar surface area (TPSA) is 36.9 Å². The molecule has 0 bridgehead atoms. The van der Waals surface area contributed by atoms with Crippen LogP contribution < -0.4 is 5.32 Å². The number of rotatable bonds is 4. The predicted molar refractivity (Wildman–Crippen MR) is 98.6 cm³/mol. The van der Waals surface area contributed by atoms with E-state index in [-0.39, 0.29) is 48.7 Å². The standard InChI is InChI=1S/C16H23F2N3O.HI/c1-12-10-21(16(19-2)20-9-3-8-17)11-15(22-12)13-4-6-14(18)7-5-13;/h4-7,12,15H,3,8-11H2,1-2H3,(H,19,20);1H. The number of ether oxygens (including phenoxy) is 1. The number of nitrogens with one attached hydrogen (secondary N) is 1. The number of hydrogen-bond acceptors (Lipinski definition) is 2. The number of nitrogens with zero attached hydrogens (tertiary/aromatic N) is 2. The molecule has 1 fully saturated rings. The number of alkyl halides is 1. The van der Waals surface area contributed by atoms with Crippen LogP contribution in [0.5, 0.6) is 0 Å². The molecule has 7 heteroatoms. The predicted octanol–water partition coefficient (Wildman–Crippen LogP) is 3.14. The van der Waals surface area contributed by atoms with Gasteiger partial charge < -0.3 is 15.0 Å². The zero-order valence-corrected chi connectivity index (χ0v) is 15.8. The summed E-state index contributed by atoms with van der Waals surface area (Å²) in [6, 6.07) is 6.37.